The van der Waals surface area contributed by atoms with Gasteiger partial charge in [0, 0.05) is 26.1 Å². The van der Waals surface area contributed by atoms with E-state index in [0.717, 1.165) is 25.3 Å². The van der Waals surface area contributed by atoms with Gasteiger partial charge in [0.25, 0.3) is 0 Å². The van der Waals surface area contributed by atoms with Gasteiger partial charge >= 0.3 is 0 Å². The fourth-order valence-corrected chi connectivity index (χ4v) is 3.52. The highest BCUT2D eigenvalue weighted by atomic mass is 32.2. The molecule has 6 nitrogen and oxygen atoms in total. The van der Waals surface area contributed by atoms with Crippen molar-refractivity contribution in [1.82, 2.24) is 9.62 Å². The Bertz CT molecular complexity index is 663. The molecule has 0 radical (unpaired) electrons. The second-order valence-electron chi connectivity index (χ2n) is 5.39. The monoisotopic (exact) mass is 344 g/mol. The molecule has 1 heterocycles. The molecule has 0 saturated carbocycles. The van der Waals surface area contributed by atoms with E-state index in [1.165, 1.54) is 19.2 Å². The summed E-state index contributed by atoms with van der Waals surface area (Å²) in [5.41, 5.74) is 0. The van der Waals surface area contributed by atoms with Gasteiger partial charge in [-0.15, -0.1) is 0 Å². The van der Waals surface area contributed by atoms with Crippen LogP contribution >= 0.6 is 0 Å². The van der Waals surface area contributed by atoms with E-state index in [2.05, 4.69) is 4.72 Å². The first-order chi connectivity index (χ1) is 10.9. The number of methoxy groups -OCH3 is 1. The molecule has 1 aliphatic rings. The Kier molecular flexibility index (Phi) is 5.95. The van der Waals surface area contributed by atoms with Gasteiger partial charge in [-0.3, -0.25) is 4.79 Å². The third-order valence-corrected chi connectivity index (χ3v) is 5.24. The molecule has 128 valence electrons. The van der Waals surface area contributed by atoms with Gasteiger partial charge in [-0.1, -0.05) is 6.42 Å². The summed E-state index contributed by atoms with van der Waals surface area (Å²) in [6.45, 7) is 1.07. The maximum Gasteiger partial charge on any atom is 0.240 e. The van der Waals surface area contributed by atoms with E-state index in [1.54, 1.807) is 4.90 Å². The van der Waals surface area contributed by atoms with Crippen LogP contribution in [0.3, 0.4) is 0 Å². The molecule has 23 heavy (non-hydrogen) atoms. The molecule has 1 aromatic rings. The van der Waals surface area contributed by atoms with Gasteiger partial charge in [0.1, 0.15) is 0 Å². The average molecular weight is 344 g/mol. The van der Waals surface area contributed by atoms with Gasteiger partial charge in [0.05, 0.1) is 12.0 Å². The van der Waals surface area contributed by atoms with Crippen LogP contribution in [0.2, 0.25) is 0 Å². The summed E-state index contributed by atoms with van der Waals surface area (Å²) in [4.78, 5) is 13.3. The largest absolute Gasteiger partial charge is 0.494 e. The lowest BCUT2D eigenvalue weighted by Gasteiger charge is -2.20. The molecule has 0 atom stereocenters. The molecule has 1 N–H and O–H groups in total. The SMILES string of the molecule is COc1ccc(S(=O)(=O)NCCN2CCCCCC2=O)cc1F. The average Bonchev–Trinajstić information content (AvgIpc) is 2.72. The Morgan fingerprint density at radius 2 is 2.09 bits per heavy atom. The number of nitrogens with zero attached hydrogens (tertiary/aromatic N) is 1. The van der Waals surface area contributed by atoms with Gasteiger partial charge in [-0.2, -0.15) is 0 Å². The standard InChI is InChI=1S/C15H21FN2O4S/c1-22-14-7-6-12(11-13(14)16)23(20,21)17-8-10-18-9-4-2-3-5-15(18)19/h6-7,11,17H,2-5,8-10H2,1H3. The molecule has 1 amide bonds. The second-order valence-corrected chi connectivity index (χ2v) is 7.15. The first-order valence-electron chi connectivity index (χ1n) is 7.55. The predicted molar refractivity (Wildman–Crippen MR) is 83.2 cm³/mol. The van der Waals surface area contributed by atoms with Crippen LogP contribution in [0.15, 0.2) is 23.1 Å². The number of benzene rings is 1. The number of amides is 1. The Labute approximate surface area is 135 Å². The summed E-state index contributed by atoms with van der Waals surface area (Å²) in [5, 5.41) is 0. The zero-order chi connectivity index (χ0) is 16.9. The van der Waals surface area contributed by atoms with E-state index in [4.69, 9.17) is 4.74 Å². The quantitative estimate of drug-likeness (QED) is 0.849. The van der Waals surface area contributed by atoms with Crippen LogP contribution in [-0.2, 0) is 14.8 Å². The Balaban J connectivity index is 1.96. The highest BCUT2D eigenvalue weighted by Gasteiger charge is 2.19. The van der Waals surface area contributed by atoms with Crippen molar-refractivity contribution < 1.29 is 22.3 Å². The fraction of sp³-hybridized carbons (Fsp3) is 0.533. The third-order valence-electron chi connectivity index (χ3n) is 3.78. The number of halogens is 1. The lowest BCUT2D eigenvalue weighted by atomic mass is 10.2. The van der Waals surface area contributed by atoms with Crippen LogP contribution in [-0.4, -0.2) is 46.0 Å². The van der Waals surface area contributed by atoms with Crippen molar-refractivity contribution in [3.05, 3.63) is 24.0 Å². The number of nitrogens with one attached hydrogen (secondary N) is 1. The maximum atomic E-state index is 13.6. The van der Waals surface area contributed by atoms with Crippen molar-refractivity contribution in [3.8, 4) is 5.75 Å². The van der Waals surface area contributed by atoms with Crippen molar-refractivity contribution in [2.75, 3.05) is 26.7 Å². The lowest BCUT2D eigenvalue weighted by Crippen LogP contribution is -2.38. The zero-order valence-corrected chi connectivity index (χ0v) is 13.9. The molecular formula is C15H21FN2O4S. The maximum absolute atomic E-state index is 13.6. The molecule has 2 rings (SSSR count). The molecule has 1 fully saturated rings. The molecule has 0 unspecified atom stereocenters. The molecule has 1 aliphatic heterocycles. The van der Waals surface area contributed by atoms with Gasteiger partial charge in [0.15, 0.2) is 11.6 Å². The molecule has 0 aromatic heterocycles. The number of hydrogen-bond donors (Lipinski definition) is 1. The third kappa shape index (κ3) is 4.65. The first kappa shape index (κ1) is 17.7. The Morgan fingerprint density at radius 1 is 1.30 bits per heavy atom. The summed E-state index contributed by atoms with van der Waals surface area (Å²) in [7, 11) is -2.51. The number of carbonyl (C=O) groups excluding carboxylic acids is 1. The summed E-state index contributed by atoms with van der Waals surface area (Å²) >= 11 is 0. The number of carbonyl (C=O) groups is 1. The lowest BCUT2D eigenvalue weighted by molar-refractivity contribution is -0.130. The van der Waals surface area contributed by atoms with E-state index in [-0.39, 0.29) is 23.1 Å². The van der Waals surface area contributed by atoms with E-state index in [9.17, 15) is 17.6 Å². The van der Waals surface area contributed by atoms with E-state index >= 15 is 0 Å². The van der Waals surface area contributed by atoms with Crippen LogP contribution in [0.4, 0.5) is 4.39 Å². The van der Waals surface area contributed by atoms with Gasteiger partial charge in [-0.05, 0) is 31.0 Å². The smallest absolute Gasteiger partial charge is 0.240 e. The minimum atomic E-state index is -3.82. The molecule has 8 heteroatoms. The van der Waals surface area contributed by atoms with E-state index in [0.29, 0.717) is 19.5 Å². The van der Waals surface area contributed by atoms with Crippen molar-refractivity contribution in [3.63, 3.8) is 0 Å². The molecule has 1 saturated heterocycles. The van der Waals surface area contributed by atoms with Crippen molar-refractivity contribution in [2.24, 2.45) is 0 Å². The van der Waals surface area contributed by atoms with E-state index in [1.807, 2.05) is 0 Å². The van der Waals surface area contributed by atoms with Crippen LogP contribution in [0.5, 0.6) is 5.75 Å². The van der Waals surface area contributed by atoms with Gasteiger partial charge < -0.3 is 9.64 Å². The van der Waals surface area contributed by atoms with Crippen LogP contribution in [0, 0.1) is 5.82 Å². The van der Waals surface area contributed by atoms with Crippen LogP contribution in [0.25, 0.3) is 0 Å². The van der Waals surface area contributed by atoms with Gasteiger partial charge in [-0.25, -0.2) is 17.5 Å². The highest BCUT2D eigenvalue weighted by molar-refractivity contribution is 7.89. The van der Waals surface area contributed by atoms with Crippen LogP contribution < -0.4 is 9.46 Å². The summed E-state index contributed by atoms with van der Waals surface area (Å²) in [5.74, 6) is -0.700. The Hall–Kier alpha value is -1.67. The minimum absolute atomic E-state index is 0.0147. The first-order valence-corrected chi connectivity index (χ1v) is 9.03. The number of likely N-dealkylation sites (tertiary alicyclic amines) is 1. The van der Waals surface area contributed by atoms with Crippen LogP contribution in [0.1, 0.15) is 25.7 Å². The van der Waals surface area contributed by atoms with E-state index < -0.39 is 15.8 Å². The number of rotatable bonds is 6. The number of hydrogen-bond acceptors (Lipinski definition) is 4. The minimum Gasteiger partial charge on any atom is -0.494 e. The zero-order valence-electron chi connectivity index (χ0n) is 13.0. The van der Waals surface area contributed by atoms with Crippen molar-refractivity contribution >= 4 is 15.9 Å². The second kappa shape index (κ2) is 7.74. The fourth-order valence-electron chi connectivity index (χ4n) is 2.49. The summed E-state index contributed by atoms with van der Waals surface area (Å²) in [6, 6.07) is 3.46. The highest BCUT2D eigenvalue weighted by Crippen LogP contribution is 2.20. The van der Waals surface area contributed by atoms with Crippen molar-refractivity contribution in [1.29, 1.82) is 0 Å². The van der Waals surface area contributed by atoms with Gasteiger partial charge in [0.2, 0.25) is 15.9 Å². The summed E-state index contributed by atoms with van der Waals surface area (Å²) < 4.78 is 45.1. The topological polar surface area (TPSA) is 75.7 Å². The number of ether oxygens (including phenoxy) is 1. The Morgan fingerprint density at radius 3 is 2.78 bits per heavy atom. The molecule has 0 aliphatic carbocycles. The molecule has 0 spiro atoms. The number of sulfonamides is 1. The molecular weight excluding hydrogens is 323 g/mol. The predicted octanol–water partition coefficient (Wildman–Crippen LogP) is 1.52. The molecule has 1 aromatic carbocycles. The van der Waals surface area contributed by atoms with Crippen molar-refractivity contribution in [2.45, 2.75) is 30.6 Å². The normalized spacial score (nSPS) is 16.3. The molecule has 0 bridgehead atoms. The summed E-state index contributed by atoms with van der Waals surface area (Å²) in [6.07, 6.45) is 3.34.